The third kappa shape index (κ3) is 5.65. The van der Waals surface area contributed by atoms with Crippen molar-refractivity contribution in [3.63, 3.8) is 0 Å². The maximum Gasteiger partial charge on any atom is 0.264 e. The van der Waals surface area contributed by atoms with E-state index in [2.05, 4.69) is 22.7 Å². The highest BCUT2D eigenvalue weighted by Gasteiger charge is 2.10. The number of aryl methyl sites for hydroxylation is 2. The Morgan fingerprint density at radius 1 is 1.10 bits per heavy atom. The number of thiocarbonyl (C=S) groups is 1. The average Bonchev–Trinajstić information content (AvgIpc) is 2.94. The third-order valence-electron chi connectivity index (χ3n) is 4.62. The van der Waals surface area contributed by atoms with Crippen LogP contribution in [0.3, 0.4) is 0 Å². The lowest BCUT2D eigenvalue weighted by molar-refractivity contribution is -0.121. The predicted octanol–water partition coefficient (Wildman–Crippen LogP) is 3.52. The Hall–Kier alpha value is -3.19. The fraction of sp³-hybridized carbons (Fsp3) is 0.227. The van der Waals surface area contributed by atoms with Gasteiger partial charge in [-0.2, -0.15) is 5.10 Å². The number of rotatable bonds is 6. The first-order valence-electron chi connectivity index (χ1n) is 9.29. The van der Waals surface area contributed by atoms with Crippen molar-refractivity contribution in [3.8, 4) is 5.75 Å². The molecule has 0 saturated heterocycles. The molecule has 1 amide bonds. The zero-order valence-corrected chi connectivity index (χ0v) is 17.5. The van der Waals surface area contributed by atoms with Gasteiger partial charge < -0.3 is 10.1 Å². The van der Waals surface area contributed by atoms with E-state index in [0.29, 0.717) is 5.75 Å². The second-order valence-electron chi connectivity index (χ2n) is 6.75. The molecule has 0 spiro atoms. The van der Waals surface area contributed by atoms with E-state index in [9.17, 15) is 4.79 Å². The first kappa shape index (κ1) is 20.5. The quantitative estimate of drug-likeness (QED) is 0.611. The van der Waals surface area contributed by atoms with E-state index < -0.39 is 0 Å². The summed E-state index contributed by atoms with van der Waals surface area (Å²) in [6.07, 6.45) is 0.823. The Morgan fingerprint density at radius 3 is 2.41 bits per heavy atom. The van der Waals surface area contributed by atoms with E-state index in [0.717, 1.165) is 17.8 Å². The molecule has 1 aromatic heterocycles. The van der Waals surface area contributed by atoms with Crippen LogP contribution in [0.25, 0.3) is 0 Å². The number of nitrogens with zero attached hydrogens (tertiary/aromatic N) is 2. The van der Waals surface area contributed by atoms with Crippen LogP contribution in [0, 0.1) is 13.8 Å². The molecular weight excluding hydrogens is 384 g/mol. The second-order valence-corrected chi connectivity index (χ2v) is 7.16. The number of aromatic nitrogens is 2. The van der Waals surface area contributed by atoms with Gasteiger partial charge in [-0.25, -0.2) is 0 Å². The van der Waals surface area contributed by atoms with Crippen molar-refractivity contribution in [2.45, 2.75) is 20.3 Å². The molecule has 2 aromatic carbocycles. The second kappa shape index (κ2) is 9.34. The topological polar surface area (TPSA) is 68.2 Å². The summed E-state index contributed by atoms with van der Waals surface area (Å²) in [5.41, 5.74) is 5.46. The van der Waals surface area contributed by atoms with Gasteiger partial charge in [0.15, 0.2) is 11.7 Å². The normalized spacial score (nSPS) is 10.4. The molecular formula is C22H24N4O2S. The third-order valence-corrected chi connectivity index (χ3v) is 4.82. The molecule has 0 unspecified atom stereocenters. The van der Waals surface area contributed by atoms with E-state index in [1.807, 2.05) is 61.1 Å². The number of para-hydroxylation sites is 1. The summed E-state index contributed by atoms with van der Waals surface area (Å²) in [5, 5.41) is 10.3. The lowest BCUT2D eigenvalue weighted by Gasteiger charge is -2.11. The molecule has 29 heavy (non-hydrogen) atoms. The van der Waals surface area contributed by atoms with Crippen LogP contribution in [0.1, 0.15) is 22.5 Å². The lowest BCUT2D eigenvalue weighted by Crippen LogP contribution is -2.37. The minimum absolute atomic E-state index is 0.103. The number of ether oxygens (including phenoxy) is 1. The number of anilines is 1. The molecule has 0 radical (unpaired) electrons. The van der Waals surface area contributed by atoms with Gasteiger partial charge in [0, 0.05) is 30.4 Å². The van der Waals surface area contributed by atoms with E-state index in [1.165, 1.54) is 16.8 Å². The van der Waals surface area contributed by atoms with Gasteiger partial charge in [0.05, 0.1) is 5.69 Å². The molecule has 3 aromatic rings. The van der Waals surface area contributed by atoms with E-state index >= 15 is 0 Å². The monoisotopic (exact) mass is 408 g/mol. The zero-order valence-electron chi connectivity index (χ0n) is 16.7. The fourth-order valence-corrected chi connectivity index (χ4v) is 3.21. The van der Waals surface area contributed by atoms with Gasteiger partial charge in [-0.3, -0.25) is 14.8 Å². The van der Waals surface area contributed by atoms with Crippen LogP contribution < -0.4 is 15.4 Å². The number of carbonyl (C=O) groups excluding carboxylic acids is 1. The van der Waals surface area contributed by atoms with Crippen LogP contribution in [0.4, 0.5) is 5.69 Å². The summed E-state index contributed by atoms with van der Waals surface area (Å²) in [7, 11) is 1.96. The number of hydrogen-bond acceptors (Lipinski definition) is 4. The standard InChI is InChI=1S/C22H24N4O2S/c1-15-20(16(2)26(3)25-15)13-17-9-11-18(12-10-17)23-22(29)24-21(27)14-28-19-7-5-4-6-8-19/h4-12H,13-14H2,1-3H3,(H2,23,24,27,29). The zero-order chi connectivity index (χ0) is 20.8. The first-order chi connectivity index (χ1) is 13.9. The molecule has 0 saturated carbocycles. The molecule has 0 fully saturated rings. The maximum absolute atomic E-state index is 12.0. The largest absolute Gasteiger partial charge is 0.484 e. The van der Waals surface area contributed by atoms with Gasteiger partial charge in [0.1, 0.15) is 5.75 Å². The molecule has 2 N–H and O–H groups in total. The summed E-state index contributed by atoms with van der Waals surface area (Å²) < 4.78 is 7.31. The number of carbonyl (C=O) groups is 1. The fourth-order valence-electron chi connectivity index (χ4n) is 2.97. The molecule has 0 bridgehead atoms. The summed E-state index contributed by atoms with van der Waals surface area (Å²) in [4.78, 5) is 12.0. The van der Waals surface area contributed by atoms with Crippen molar-refractivity contribution < 1.29 is 9.53 Å². The van der Waals surface area contributed by atoms with Crippen LogP contribution in [-0.4, -0.2) is 27.4 Å². The molecule has 6 nitrogen and oxygen atoms in total. The molecule has 0 aliphatic heterocycles. The van der Waals surface area contributed by atoms with Crippen LogP contribution >= 0.6 is 12.2 Å². The van der Waals surface area contributed by atoms with E-state index in [-0.39, 0.29) is 17.6 Å². The average molecular weight is 409 g/mol. The van der Waals surface area contributed by atoms with Crippen molar-refractivity contribution in [3.05, 3.63) is 77.1 Å². The Bertz CT molecular complexity index is 998. The highest BCUT2D eigenvalue weighted by atomic mass is 32.1. The van der Waals surface area contributed by atoms with Crippen molar-refractivity contribution in [1.29, 1.82) is 0 Å². The van der Waals surface area contributed by atoms with Crippen LogP contribution in [0.5, 0.6) is 5.75 Å². The number of benzene rings is 2. The smallest absolute Gasteiger partial charge is 0.264 e. The molecule has 1 heterocycles. The minimum Gasteiger partial charge on any atom is -0.484 e. The Kier molecular flexibility index (Phi) is 6.61. The first-order valence-corrected chi connectivity index (χ1v) is 9.70. The summed E-state index contributed by atoms with van der Waals surface area (Å²) >= 11 is 5.21. The van der Waals surface area contributed by atoms with Crippen molar-refractivity contribution in [2.75, 3.05) is 11.9 Å². The summed E-state index contributed by atoms with van der Waals surface area (Å²) in [6, 6.07) is 17.1. The molecule has 7 heteroatoms. The Labute approximate surface area is 175 Å². The van der Waals surface area contributed by atoms with Gasteiger partial charge in [0.2, 0.25) is 0 Å². The van der Waals surface area contributed by atoms with Crippen LogP contribution in [-0.2, 0) is 18.3 Å². The van der Waals surface area contributed by atoms with Crippen LogP contribution in [0.15, 0.2) is 54.6 Å². The minimum atomic E-state index is -0.314. The molecule has 0 aliphatic rings. The van der Waals surface area contributed by atoms with Gasteiger partial charge in [-0.15, -0.1) is 0 Å². The predicted molar refractivity (Wildman–Crippen MR) is 118 cm³/mol. The number of hydrogen-bond donors (Lipinski definition) is 2. The molecule has 3 rings (SSSR count). The number of nitrogens with one attached hydrogen (secondary N) is 2. The van der Waals surface area contributed by atoms with Crippen LogP contribution in [0.2, 0.25) is 0 Å². The summed E-state index contributed by atoms with van der Waals surface area (Å²) in [5.74, 6) is 0.321. The van der Waals surface area contributed by atoms with Crippen molar-refractivity contribution >= 4 is 28.9 Å². The molecule has 150 valence electrons. The van der Waals surface area contributed by atoms with E-state index in [1.54, 1.807) is 12.1 Å². The highest BCUT2D eigenvalue weighted by Crippen LogP contribution is 2.18. The van der Waals surface area contributed by atoms with Crippen molar-refractivity contribution in [1.82, 2.24) is 15.1 Å². The van der Waals surface area contributed by atoms with Crippen molar-refractivity contribution in [2.24, 2.45) is 7.05 Å². The molecule has 0 aliphatic carbocycles. The van der Waals surface area contributed by atoms with Gasteiger partial charge in [0.25, 0.3) is 5.91 Å². The van der Waals surface area contributed by atoms with Gasteiger partial charge in [-0.1, -0.05) is 30.3 Å². The number of amides is 1. The highest BCUT2D eigenvalue weighted by molar-refractivity contribution is 7.80. The lowest BCUT2D eigenvalue weighted by atomic mass is 10.0. The SMILES string of the molecule is Cc1nn(C)c(C)c1Cc1ccc(NC(=S)NC(=O)COc2ccccc2)cc1. The Morgan fingerprint density at radius 2 is 1.79 bits per heavy atom. The maximum atomic E-state index is 12.0. The Balaban J connectivity index is 1.50. The summed E-state index contributed by atoms with van der Waals surface area (Å²) in [6.45, 7) is 4.00. The van der Waals surface area contributed by atoms with Gasteiger partial charge >= 0.3 is 0 Å². The van der Waals surface area contributed by atoms with Gasteiger partial charge in [-0.05, 0) is 55.9 Å². The van der Waals surface area contributed by atoms with E-state index in [4.69, 9.17) is 17.0 Å². The molecule has 0 atom stereocenters.